The normalized spacial score (nSPS) is 14.7. The summed E-state index contributed by atoms with van der Waals surface area (Å²) < 4.78 is 5.32. The number of carbonyl (C=O) groups is 1. The predicted molar refractivity (Wildman–Crippen MR) is 68.6 cm³/mol. The fourth-order valence-electron chi connectivity index (χ4n) is 2.29. The van der Waals surface area contributed by atoms with E-state index < -0.39 is 5.97 Å². The molecule has 4 heteroatoms. The van der Waals surface area contributed by atoms with Crippen molar-refractivity contribution >= 4 is 5.97 Å². The smallest absolute Gasteiger partial charge is 0.335 e. The van der Waals surface area contributed by atoms with Crippen molar-refractivity contribution in [2.45, 2.75) is 26.4 Å². The summed E-state index contributed by atoms with van der Waals surface area (Å²) in [6, 6.07) is 5.41. The Kier molecular flexibility index (Phi) is 4.33. The Balaban J connectivity index is 1.89. The zero-order chi connectivity index (χ0) is 13.0. The van der Waals surface area contributed by atoms with E-state index >= 15 is 0 Å². The van der Waals surface area contributed by atoms with Gasteiger partial charge >= 0.3 is 5.97 Å². The molecule has 1 heterocycles. The van der Waals surface area contributed by atoms with Gasteiger partial charge in [-0.1, -0.05) is 6.07 Å². The van der Waals surface area contributed by atoms with Crippen LogP contribution in [0.2, 0.25) is 0 Å². The number of carboxylic acid groups (broad SMARTS) is 1. The Morgan fingerprint density at radius 3 is 2.89 bits per heavy atom. The van der Waals surface area contributed by atoms with Crippen molar-refractivity contribution in [1.29, 1.82) is 0 Å². The van der Waals surface area contributed by atoms with E-state index in [0.29, 0.717) is 5.56 Å². The third-order valence-corrected chi connectivity index (χ3v) is 3.21. The average Bonchev–Trinajstić information content (AvgIpc) is 2.76. The van der Waals surface area contributed by atoms with Crippen LogP contribution in [0.15, 0.2) is 18.2 Å². The summed E-state index contributed by atoms with van der Waals surface area (Å²) in [5.74, 6) is -0.854. The summed E-state index contributed by atoms with van der Waals surface area (Å²) in [6.07, 6.45) is 1.02. The van der Waals surface area contributed by atoms with Crippen LogP contribution in [0, 0.1) is 0 Å². The molecule has 1 N–H and O–H groups in total. The molecule has 0 saturated heterocycles. The van der Waals surface area contributed by atoms with Crippen LogP contribution in [0.25, 0.3) is 0 Å². The monoisotopic (exact) mass is 249 g/mol. The van der Waals surface area contributed by atoms with E-state index in [1.807, 2.05) is 13.0 Å². The van der Waals surface area contributed by atoms with E-state index in [4.69, 9.17) is 9.84 Å². The maximum Gasteiger partial charge on any atom is 0.335 e. The van der Waals surface area contributed by atoms with Crippen LogP contribution in [0.4, 0.5) is 0 Å². The van der Waals surface area contributed by atoms with Gasteiger partial charge in [0, 0.05) is 32.8 Å². The third-order valence-electron chi connectivity index (χ3n) is 3.21. The molecule has 0 unspecified atom stereocenters. The summed E-state index contributed by atoms with van der Waals surface area (Å²) in [5.41, 5.74) is 2.77. The number of carboxylic acids is 1. The van der Waals surface area contributed by atoms with Crippen LogP contribution in [0.5, 0.6) is 0 Å². The van der Waals surface area contributed by atoms with Crippen LogP contribution in [0.3, 0.4) is 0 Å². The summed E-state index contributed by atoms with van der Waals surface area (Å²) in [4.78, 5) is 13.2. The lowest BCUT2D eigenvalue weighted by Gasteiger charge is -2.14. The Labute approximate surface area is 107 Å². The Bertz CT molecular complexity index is 431. The number of hydrogen-bond donors (Lipinski definition) is 1. The molecule has 0 aromatic heterocycles. The van der Waals surface area contributed by atoms with Gasteiger partial charge in [-0.15, -0.1) is 0 Å². The van der Waals surface area contributed by atoms with Crippen LogP contribution >= 0.6 is 0 Å². The van der Waals surface area contributed by atoms with Crippen molar-refractivity contribution in [3.05, 3.63) is 34.9 Å². The molecule has 0 amide bonds. The molecule has 0 aliphatic carbocycles. The molecule has 1 aromatic carbocycles. The van der Waals surface area contributed by atoms with Gasteiger partial charge < -0.3 is 9.84 Å². The number of fused-ring (bicyclic) bond motifs is 1. The minimum atomic E-state index is -0.854. The zero-order valence-electron chi connectivity index (χ0n) is 10.7. The average molecular weight is 249 g/mol. The van der Waals surface area contributed by atoms with Crippen LogP contribution < -0.4 is 0 Å². The highest BCUT2D eigenvalue weighted by atomic mass is 16.5. The van der Waals surface area contributed by atoms with E-state index in [0.717, 1.165) is 44.8 Å². The second-order valence-corrected chi connectivity index (χ2v) is 4.55. The van der Waals surface area contributed by atoms with Gasteiger partial charge in [0.1, 0.15) is 0 Å². The number of rotatable bonds is 6. The molecule has 18 heavy (non-hydrogen) atoms. The molecule has 0 spiro atoms. The lowest BCUT2D eigenvalue weighted by Crippen LogP contribution is -2.19. The van der Waals surface area contributed by atoms with Gasteiger partial charge in [-0.3, -0.25) is 4.90 Å². The lowest BCUT2D eigenvalue weighted by molar-refractivity contribution is 0.0696. The summed E-state index contributed by atoms with van der Waals surface area (Å²) in [5, 5.41) is 8.95. The highest BCUT2D eigenvalue weighted by Gasteiger charge is 2.19. The highest BCUT2D eigenvalue weighted by molar-refractivity contribution is 5.87. The standard InChI is InChI=1S/C14H19NO3/c1-2-18-7-3-6-15-9-12-5-4-11(14(16)17)8-13(12)10-15/h4-5,8H,2-3,6-7,9-10H2,1H3,(H,16,17). The minimum absolute atomic E-state index is 0.380. The van der Waals surface area contributed by atoms with Gasteiger partial charge in [-0.25, -0.2) is 4.79 Å². The van der Waals surface area contributed by atoms with E-state index in [-0.39, 0.29) is 0 Å². The molecule has 1 aliphatic heterocycles. The molecule has 2 rings (SSSR count). The van der Waals surface area contributed by atoms with E-state index in [9.17, 15) is 4.79 Å². The fourth-order valence-corrected chi connectivity index (χ4v) is 2.29. The van der Waals surface area contributed by atoms with Crippen LogP contribution in [0.1, 0.15) is 34.8 Å². The molecule has 98 valence electrons. The SMILES string of the molecule is CCOCCCN1Cc2ccc(C(=O)O)cc2C1. The quantitative estimate of drug-likeness (QED) is 0.785. The second kappa shape index (κ2) is 5.98. The Hall–Kier alpha value is -1.39. The lowest BCUT2D eigenvalue weighted by atomic mass is 10.1. The van der Waals surface area contributed by atoms with Gasteiger partial charge in [-0.2, -0.15) is 0 Å². The van der Waals surface area contributed by atoms with Crippen molar-refractivity contribution in [3.8, 4) is 0 Å². The molecule has 1 aliphatic rings. The summed E-state index contributed by atoms with van der Waals surface area (Å²) in [7, 11) is 0. The highest BCUT2D eigenvalue weighted by Crippen LogP contribution is 2.23. The molecule has 0 atom stereocenters. The van der Waals surface area contributed by atoms with Crippen LogP contribution in [-0.4, -0.2) is 35.7 Å². The fraction of sp³-hybridized carbons (Fsp3) is 0.500. The van der Waals surface area contributed by atoms with Crippen molar-refractivity contribution in [1.82, 2.24) is 4.90 Å². The van der Waals surface area contributed by atoms with Crippen LogP contribution in [-0.2, 0) is 17.8 Å². The first-order valence-electron chi connectivity index (χ1n) is 6.36. The number of aromatic carboxylic acids is 1. The first-order chi connectivity index (χ1) is 8.70. The molecule has 4 nitrogen and oxygen atoms in total. The van der Waals surface area contributed by atoms with E-state index in [2.05, 4.69) is 4.90 Å². The first-order valence-corrected chi connectivity index (χ1v) is 6.36. The molecule has 0 saturated carbocycles. The van der Waals surface area contributed by atoms with Gasteiger partial charge in [0.25, 0.3) is 0 Å². The topological polar surface area (TPSA) is 49.8 Å². The Morgan fingerprint density at radius 2 is 2.17 bits per heavy atom. The summed E-state index contributed by atoms with van der Waals surface area (Å²) >= 11 is 0. The van der Waals surface area contributed by atoms with Gasteiger partial charge in [0.05, 0.1) is 5.56 Å². The van der Waals surface area contributed by atoms with E-state index in [1.54, 1.807) is 12.1 Å². The largest absolute Gasteiger partial charge is 0.478 e. The molecular formula is C14H19NO3. The number of nitrogens with zero attached hydrogens (tertiary/aromatic N) is 1. The van der Waals surface area contributed by atoms with Crippen molar-refractivity contribution < 1.29 is 14.6 Å². The Morgan fingerprint density at radius 1 is 1.39 bits per heavy atom. The van der Waals surface area contributed by atoms with Gasteiger partial charge in [0.2, 0.25) is 0 Å². The zero-order valence-corrected chi connectivity index (χ0v) is 10.7. The van der Waals surface area contributed by atoms with Crippen molar-refractivity contribution in [2.24, 2.45) is 0 Å². The molecular weight excluding hydrogens is 230 g/mol. The first kappa shape index (κ1) is 13.1. The van der Waals surface area contributed by atoms with Gasteiger partial charge in [-0.05, 0) is 36.6 Å². The van der Waals surface area contributed by atoms with Gasteiger partial charge in [0.15, 0.2) is 0 Å². The predicted octanol–water partition coefficient (Wildman–Crippen LogP) is 2.13. The third kappa shape index (κ3) is 3.09. The summed E-state index contributed by atoms with van der Waals surface area (Å²) in [6.45, 7) is 6.33. The molecule has 0 bridgehead atoms. The molecule has 1 aromatic rings. The van der Waals surface area contributed by atoms with Crippen molar-refractivity contribution in [2.75, 3.05) is 19.8 Å². The number of hydrogen-bond acceptors (Lipinski definition) is 3. The molecule has 0 radical (unpaired) electrons. The second-order valence-electron chi connectivity index (χ2n) is 4.55. The number of benzene rings is 1. The minimum Gasteiger partial charge on any atom is -0.478 e. The number of ether oxygens (including phenoxy) is 1. The van der Waals surface area contributed by atoms with Crippen molar-refractivity contribution in [3.63, 3.8) is 0 Å². The maximum absolute atomic E-state index is 10.9. The maximum atomic E-state index is 10.9. The molecule has 0 fully saturated rings. The van der Waals surface area contributed by atoms with E-state index in [1.165, 1.54) is 5.56 Å².